The second-order valence-electron chi connectivity index (χ2n) is 6.16. The number of aliphatic carboxylic acids is 1. The molecule has 0 aromatic heterocycles. The molecule has 0 aliphatic heterocycles. The third-order valence-electron chi connectivity index (χ3n) is 3.85. The van der Waals surface area contributed by atoms with Gasteiger partial charge in [-0.25, -0.2) is 0 Å². The van der Waals surface area contributed by atoms with Crippen molar-refractivity contribution in [3.63, 3.8) is 0 Å². The second-order valence-corrected chi connectivity index (χ2v) is 6.16. The molecule has 0 heterocycles. The van der Waals surface area contributed by atoms with Crippen LogP contribution in [0.15, 0.2) is 0 Å². The third-order valence-corrected chi connectivity index (χ3v) is 3.85. The molecule has 7 heteroatoms. The quantitative estimate of drug-likeness (QED) is 0.490. The highest BCUT2D eigenvalue weighted by atomic mass is 16.4. The van der Waals surface area contributed by atoms with Gasteiger partial charge in [0.05, 0.1) is 0 Å². The van der Waals surface area contributed by atoms with Crippen LogP contribution in [-0.4, -0.2) is 59.3 Å². The zero-order valence-electron chi connectivity index (χ0n) is 11.7. The summed E-state index contributed by atoms with van der Waals surface area (Å²) in [6.45, 7) is 0.810. The zero-order valence-corrected chi connectivity index (χ0v) is 11.7. The van der Waals surface area contributed by atoms with Gasteiger partial charge in [0.15, 0.2) is 0 Å². The molecule has 1 fully saturated rings. The summed E-state index contributed by atoms with van der Waals surface area (Å²) in [5, 5.41) is 27.2. The van der Waals surface area contributed by atoms with Gasteiger partial charge in [-0.3, -0.25) is 4.79 Å². The summed E-state index contributed by atoms with van der Waals surface area (Å²) in [5.41, 5.74) is 4.85. The van der Waals surface area contributed by atoms with Crippen LogP contribution in [0, 0.1) is 11.8 Å². The van der Waals surface area contributed by atoms with Crippen molar-refractivity contribution in [3.8, 4) is 0 Å². The van der Waals surface area contributed by atoms with Gasteiger partial charge in [0.25, 0.3) is 0 Å². The van der Waals surface area contributed by atoms with E-state index in [1.807, 2.05) is 19.0 Å². The summed E-state index contributed by atoms with van der Waals surface area (Å²) in [7, 11) is 2.59. The van der Waals surface area contributed by atoms with Crippen LogP contribution in [0.3, 0.4) is 0 Å². The highest BCUT2D eigenvalue weighted by Gasteiger charge is 2.43. The fourth-order valence-electron chi connectivity index (χ4n) is 3.19. The Bertz CT molecular complexity index is 314. The van der Waals surface area contributed by atoms with Gasteiger partial charge in [-0.1, -0.05) is 6.42 Å². The molecule has 1 saturated carbocycles. The molecule has 5 N–H and O–H groups in total. The van der Waals surface area contributed by atoms with Crippen molar-refractivity contribution in [1.82, 2.24) is 4.90 Å². The SMILES string of the molecule is CN(C)C[C@@H]1C[C@@H](CCB(O)O)CC(N)(C(=O)O)C1. The van der Waals surface area contributed by atoms with Crippen molar-refractivity contribution >= 4 is 13.1 Å². The molecule has 1 unspecified atom stereocenters. The maximum atomic E-state index is 11.4. The Labute approximate surface area is 114 Å². The van der Waals surface area contributed by atoms with Crippen molar-refractivity contribution in [1.29, 1.82) is 0 Å². The van der Waals surface area contributed by atoms with E-state index in [1.165, 1.54) is 0 Å². The molecule has 19 heavy (non-hydrogen) atoms. The van der Waals surface area contributed by atoms with Crippen LogP contribution in [0.1, 0.15) is 25.7 Å². The van der Waals surface area contributed by atoms with Crippen LogP contribution in [0.25, 0.3) is 0 Å². The van der Waals surface area contributed by atoms with E-state index in [4.69, 9.17) is 15.8 Å². The standard InChI is InChI=1S/C12H25BN2O4/c1-15(2)8-10-5-9(3-4-13(18)19)6-12(14,7-10)11(16)17/h9-10,18-19H,3-8,14H2,1-2H3,(H,16,17)/t9-,10-,12?/m1/s1. The van der Waals surface area contributed by atoms with Gasteiger partial charge in [-0.2, -0.15) is 0 Å². The van der Waals surface area contributed by atoms with Gasteiger partial charge in [-0.15, -0.1) is 0 Å². The molecule has 0 aromatic carbocycles. The first-order chi connectivity index (χ1) is 8.73. The number of carbonyl (C=O) groups is 1. The molecule has 0 spiro atoms. The van der Waals surface area contributed by atoms with Crippen molar-refractivity contribution < 1.29 is 19.9 Å². The molecule has 0 bridgehead atoms. The van der Waals surface area contributed by atoms with Crippen LogP contribution >= 0.6 is 0 Å². The van der Waals surface area contributed by atoms with E-state index in [2.05, 4.69) is 0 Å². The topological polar surface area (TPSA) is 107 Å². The Hall–Kier alpha value is -0.625. The van der Waals surface area contributed by atoms with E-state index in [0.717, 1.165) is 13.0 Å². The van der Waals surface area contributed by atoms with Crippen LogP contribution in [0.2, 0.25) is 6.32 Å². The van der Waals surface area contributed by atoms with E-state index in [1.54, 1.807) is 0 Å². The van der Waals surface area contributed by atoms with Gasteiger partial charge in [0.2, 0.25) is 0 Å². The predicted molar refractivity (Wildman–Crippen MR) is 73.6 cm³/mol. The smallest absolute Gasteiger partial charge is 0.451 e. The third kappa shape index (κ3) is 5.10. The van der Waals surface area contributed by atoms with Crippen LogP contribution < -0.4 is 5.73 Å². The normalized spacial score (nSPS) is 31.5. The highest BCUT2D eigenvalue weighted by Crippen LogP contribution is 2.37. The van der Waals surface area contributed by atoms with Crippen LogP contribution in [0.4, 0.5) is 0 Å². The largest absolute Gasteiger partial charge is 0.480 e. The summed E-state index contributed by atoms with van der Waals surface area (Å²) in [4.78, 5) is 13.4. The minimum atomic E-state index is -1.33. The maximum Gasteiger partial charge on any atom is 0.451 e. The minimum Gasteiger partial charge on any atom is -0.480 e. The Morgan fingerprint density at radius 2 is 1.95 bits per heavy atom. The lowest BCUT2D eigenvalue weighted by molar-refractivity contribution is -0.146. The summed E-state index contributed by atoms with van der Waals surface area (Å²) in [6, 6.07) is 0. The molecule has 0 aromatic rings. The highest BCUT2D eigenvalue weighted by molar-refractivity contribution is 6.40. The Kier molecular flexibility index (Phi) is 5.79. The summed E-state index contributed by atoms with van der Waals surface area (Å²) in [5.74, 6) is -0.571. The van der Waals surface area contributed by atoms with Crippen LogP contribution in [-0.2, 0) is 4.79 Å². The molecule has 1 rings (SSSR count). The van der Waals surface area contributed by atoms with Gasteiger partial charge in [0, 0.05) is 6.54 Å². The lowest BCUT2D eigenvalue weighted by atomic mass is 9.67. The number of carboxylic acids is 1. The number of hydrogen-bond donors (Lipinski definition) is 4. The van der Waals surface area contributed by atoms with Crippen molar-refractivity contribution in [2.24, 2.45) is 17.6 Å². The molecule has 1 aliphatic rings. The lowest BCUT2D eigenvalue weighted by Crippen LogP contribution is -2.54. The number of nitrogens with zero attached hydrogens (tertiary/aromatic N) is 1. The van der Waals surface area contributed by atoms with Gasteiger partial charge >= 0.3 is 13.1 Å². The first-order valence-electron chi connectivity index (χ1n) is 6.76. The number of nitrogens with two attached hydrogens (primary N) is 1. The zero-order chi connectivity index (χ0) is 14.6. The Balaban J connectivity index is 2.69. The predicted octanol–water partition coefficient (Wildman–Crippen LogP) is -0.391. The van der Waals surface area contributed by atoms with Crippen molar-refractivity contribution in [2.75, 3.05) is 20.6 Å². The molecule has 110 valence electrons. The Morgan fingerprint density at radius 3 is 2.42 bits per heavy atom. The molecule has 0 amide bonds. The molecule has 6 nitrogen and oxygen atoms in total. The Morgan fingerprint density at radius 1 is 1.37 bits per heavy atom. The molecular weight excluding hydrogens is 247 g/mol. The molecule has 1 aliphatic carbocycles. The summed E-state index contributed by atoms with van der Waals surface area (Å²) < 4.78 is 0. The second kappa shape index (κ2) is 6.70. The lowest BCUT2D eigenvalue weighted by Gasteiger charge is -2.40. The number of rotatable bonds is 6. The summed E-state index contributed by atoms with van der Waals surface area (Å²) in [6.07, 6.45) is 2.68. The van der Waals surface area contributed by atoms with Crippen molar-refractivity contribution in [2.45, 2.75) is 37.5 Å². The van der Waals surface area contributed by atoms with Gasteiger partial charge in [-0.05, 0) is 51.5 Å². The molecule has 3 atom stereocenters. The monoisotopic (exact) mass is 272 g/mol. The van der Waals surface area contributed by atoms with E-state index < -0.39 is 18.6 Å². The molecule has 0 radical (unpaired) electrons. The maximum absolute atomic E-state index is 11.4. The van der Waals surface area contributed by atoms with Crippen LogP contribution in [0.5, 0.6) is 0 Å². The van der Waals surface area contributed by atoms with E-state index in [0.29, 0.717) is 19.3 Å². The molecule has 0 saturated heterocycles. The number of hydrogen-bond acceptors (Lipinski definition) is 5. The van der Waals surface area contributed by atoms with E-state index in [-0.39, 0.29) is 18.2 Å². The minimum absolute atomic E-state index is 0.140. The average Bonchev–Trinajstić information content (AvgIpc) is 2.24. The van der Waals surface area contributed by atoms with E-state index >= 15 is 0 Å². The van der Waals surface area contributed by atoms with E-state index in [9.17, 15) is 9.90 Å². The van der Waals surface area contributed by atoms with Crippen molar-refractivity contribution in [3.05, 3.63) is 0 Å². The van der Waals surface area contributed by atoms with Gasteiger partial charge in [0.1, 0.15) is 5.54 Å². The summed E-state index contributed by atoms with van der Waals surface area (Å²) >= 11 is 0. The number of carboxylic acid groups (broad SMARTS) is 1. The average molecular weight is 272 g/mol. The fraction of sp³-hybridized carbons (Fsp3) is 0.917. The molecular formula is C12H25BN2O4. The fourth-order valence-corrected chi connectivity index (χ4v) is 3.19. The first-order valence-corrected chi connectivity index (χ1v) is 6.76. The first kappa shape index (κ1) is 16.4. The van der Waals surface area contributed by atoms with Gasteiger partial charge < -0.3 is 25.8 Å².